The van der Waals surface area contributed by atoms with Gasteiger partial charge in [-0.05, 0) is 32.3 Å². The third kappa shape index (κ3) is 9.90. The smallest absolute Gasteiger partial charge is 0.303 e. The number of likely N-dealkylation sites (tertiary alicyclic amines) is 1. The summed E-state index contributed by atoms with van der Waals surface area (Å²) in [6.45, 7) is 9.91. The molecular weight excluding hydrogens is 542 g/mol. The van der Waals surface area contributed by atoms with Gasteiger partial charge in [-0.25, -0.2) is 0 Å². The molecule has 2 heterocycles. The Hall–Kier alpha value is -3.31. The second kappa shape index (κ2) is 16.4. The van der Waals surface area contributed by atoms with Gasteiger partial charge >= 0.3 is 5.97 Å². The van der Waals surface area contributed by atoms with Gasteiger partial charge < -0.3 is 34.8 Å². The summed E-state index contributed by atoms with van der Waals surface area (Å²) in [6.07, 6.45) is 12.6. The Balaban J connectivity index is 1.92. The zero-order chi connectivity index (χ0) is 31.6. The van der Waals surface area contributed by atoms with Gasteiger partial charge in [-0.1, -0.05) is 75.0 Å². The Morgan fingerprint density at radius 3 is 2.21 bits per heavy atom. The monoisotopic (exact) mass is 587 g/mol. The summed E-state index contributed by atoms with van der Waals surface area (Å²) in [5.74, 6) is -2.47. The number of Topliss-reactive ketones (excluding diaryl/α,β-unsaturated/α-hetero) is 1. The van der Waals surface area contributed by atoms with E-state index >= 15 is 0 Å². The van der Waals surface area contributed by atoms with Crippen molar-refractivity contribution in [2.45, 2.75) is 90.6 Å². The highest BCUT2D eigenvalue weighted by molar-refractivity contribution is 6.27. The van der Waals surface area contributed by atoms with E-state index in [1.54, 1.807) is 25.2 Å². The minimum atomic E-state index is -1.06. The van der Waals surface area contributed by atoms with Gasteiger partial charge in [0.15, 0.2) is 12.1 Å². The molecule has 42 heavy (non-hydrogen) atoms. The fourth-order valence-corrected chi connectivity index (χ4v) is 5.02. The number of hydrogen-bond donors (Lipinski definition) is 4. The molecule has 2 aliphatic rings. The van der Waals surface area contributed by atoms with Crippen LogP contribution in [0.25, 0.3) is 0 Å². The number of ketones is 1. The van der Waals surface area contributed by atoms with Gasteiger partial charge in [-0.3, -0.25) is 14.4 Å². The Kier molecular flexibility index (Phi) is 13.6. The lowest BCUT2D eigenvalue weighted by molar-refractivity contribution is -0.267. The Bertz CT molecular complexity index is 1130. The number of rotatable bonds is 13. The number of aliphatic hydroxyl groups is 3. The molecule has 0 aliphatic carbocycles. The molecule has 0 bridgehead atoms. The van der Waals surface area contributed by atoms with E-state index in [9.17, 15) is 29.7 Å². The van der Waals surface area contributed by atoms with Crippen LogP contribution in [0.15, 0.2) is 71.6 Å². The molecule has 2 saturated heterocycles. The molecule has 2 fully saturated rings. The van der Waals surface area contributed by atoms with Gasteiger partial charge in [0.1, 0.15) is 17.4 Å². The fraction of sp³-hybridized carbons (Fsp3) is 0.531. The van der Waals surface area contributed by atoms with Crippen LogP contribution in [0.5, 0.6) is 0 Å². The van der Waals surface area contributed by atoms with Gasteiger partial charge in [0.25, 0.3) is 5.91 Å². The predicted octanol–water partition coefficient (Wildman–Crippen LogP) is 3.78. The van der Waals surface area contributed by atoms with Crippen molar-refractivity contribution in [3.05, 3.63) is 71.6 Å². The summed E-state index contributed by atoms with van der Waals surface area (Å²) < 4.78 is 11.9. The highest BCUT2D eigenvalue weighted by atomic mass is 16.7. The number of carboxylic acids is 1. The van der Waals surface area contributed by atoms with Crippen LogP contribution in [0.2, 0.25) is 0 Å². The number of carboxylic acid groups (broad SMARTS) is 1. The molecule has 1 amide bonds. The minimum absolute atomic E-state index is 0.0136. The van der Waals surface area contributed by atoms with Crippen molar-refractivity contribution in [3.8, 4) is 0 Å². The molecule has 0 saturated carbocycles. The van der Waals surface area contributed by atoms with E-state index < -0.39 is 54.1 Å². The van der Waals surface area contributed by atoms with Crippen LogP contribution in [0.4, 0.5) is 0 Å². The number of carbonyl (C=O) groups excluding carboxylic acids is 2. The minimum Gasteiger partial charge on any atom is -0.507 e. The lowest BCUT2D eigenvalue weighted by atomic mass is 9.92. The van der Waals surface area contributed by atoms with E-state index in [0.29, 0.717) is 0 Å². The summed E-state index contributed by atoms with van der Waals surface area (Å²) in [7, 11) is 1.41. The van der Waals surface area contributed by atoms with Gasteiger partial charge in [0.05, 0.1) is 24.4 Å². The normalized spacial score (nSPS) is 28.7. The van der Waals surface area contributed by atoms with Crippen LogP contribution in [-0.4, -0.2) is 86.8 Å². The zero-order valence-corrected chi connectivity index (χ0v) is 25.2. The average molecular weight is 588 g/mol. The number of nitrogens with zero attached hydrogens (tertiary/aromatic N) is 1. The van der Waals surface area contributed by atoms with Crippen molar-refractivity contribution in [2.24, 2.45) is 11.8 Å². The molecule has 0 aromatic rings. The average Bonchev–Trinajstić information content (AvgIpc) is 3.12. The van der Waals surface area contributed by atoms with Crippen LogP contribution >= 0.6 is 0 Å². The number of allylic oxidation sites excluding steroid dienone is 9. The van der Waals surface area contributed by atoms with E-state index in [2.05, 4.69) is 26.8 Å². The maximum absolute atomic E-state index is 12.5. The molecular formula is C32H45NO9. The fourth-order valence-electron chi connectivity index (χ4n) is 5.02. The molecule has 0 radical (unpaired) electrons. The highest BCUT2D eigenvalue weighted by Gasteiger charge is 2.42. The van der Waals surface area contributed by atoms with E-state index in [4.69, 9.17) is 14.6 Å². The summed E-state index contributed by atoms with van der Waals surface area (Å²) in [5, 5.41) is 39.1. The van der Waals surface area contributed by atoms with Crippen molar-refractivity contribution in [2.75, 3.05) is 7.05 Å². The number of aliphatic hydroxyl groups excluding tert-OH is 3. The number of carbonyl (C=O) groups is 3. The lowest BCUT2D eigenvalue weighted by Crippen LogP contribution is -2.49. The largest absolute Gasteiger partial charge is 0.507 e. The molecule has 4 N–H and O–H groups in total. The SMILES string of the molecule is CC(/C=C/C=C/C=C/C=C/C(O)=C1C(=O)C(CCC(=O)O)N(C)C1=O)=C\C(C)C(OC1CC(O)C(O)C(C)O1)C(C)C. The van der Waals surface area contributed by atoms with Crippen LogP contribution in [-0.2, 0) is 23.9 Å². The van der Waals surface area contributed by atoms with Crippen LogP contribution in [0, 0.1) is 11.8 Å². The van der Waals surface area contributed by atoms with Crippen LogP contribution in [0.3, 0.4) is 0 Å². The van der Waals surface area contributed by atoms with Crippen molar-refractivity contribution in [3.63, 3.8) is 0 Å². The maximum Gasteiger partial charge on any atom is 0.303 e. The second-order valence-electron chi connectivity index (χ2n) is 11.2. The predicted molar refractivity (Wildman–Crippen MR) is 158 cm³/mol. The highest BCUT2D eigenvalue weighted by Crippen LogP contribution is 2.28. The number of likely N-dealkylation sites (N-methyl/N-ethyl adjacent to an activating group) is 1. The molecule has 2 rings (SSSR count). The van der Waals surface area contributed by atoms with Crippen molar-refractivity contribution >= 4 is 17.7 Å². The molecule has 7 atom stereocenters. The number of hydrogen-bond acceptors (Lipinski definition) is 8. The number of aliphatic carboxylic acids is 1. The quantitative estimate of drug-likeness (QED) is 0.109. The standard InChI is InChI=1S/C32H45NO9/c1-19(2)31(42-27-18-25(35)29(38)22(5)41-27)21(4)17-20(3)13-11-9-7-8-10-12-14-24(34)28-30(39)23(15-16-26(36)37)33(6)32(28)40/h7-14,17,19,21-23,25,27,29,31,34-35,38H,15-16,18H2,1-6H3,(H,36,37)/b9-7+,10-8+,13-11+,14-12+,20-17+,28-24?. The van der Waals surface area contributed by atoms with Crippen molar-refractivity contribution in [1.82, 2.24) is 4.90 Å². The molecule has 232 valence electrons. The maximum atomic E-state index is 12.5. The Morgan fingerprint density at radius 2 is 1.64 bits per heavy atom. The Morgan fingerprint density at radius 1 is 1.05 bits per heavy atom. The number of ether oxygens (including phenoxy) is 2. The molecule has 0 aromatic heterocycles. The van der Waals surface area contributed by atoms with E-state index in [-0.39, 0.29) is 42.8 Å². The van der Waals surface area contributed by atoms with E-state index in [1.807, 2.05) is 25.2 Å². The third-order valence-corrected chi connectivity index (χ3v) is 7.29. The third-order valence-electron chi connectivity index (χ3n) is 7.29. The summed E-state index contributed by atoms with van der Waals surface area (Å²) in [4.78, 5) is 36.9. The van der Waals surface area contributed by atoms with Crippen LogP contribution < -0.4 is 0 Å². The first-order valence-electron chi connectivity index (χ1n) is 14.2. The van der Waals surface area contributed by atoms with E-state index in [0.717, 1.165) is 10.5 Å². The Labute approximate surface area is 248 Å². The summed E-state index contributed by atoms with van der Waals surface area (Å²) in [6, 6.07) is -0.896. The summed E-state index contributed by atoms with van der Waals surface area (Å²) >= 11 is 0. The molecule has 0 spiro atoms. The molecule has 10 heteroatoms. The van der Waals surface area contributed by atoms with Gasteiger partial charge in [-0.2, -0.15) is 0 Å². The topological polar surface area (TPSA) is 154 Å². The van der Waals surface area contributed by atoms with Gasteiger partial charge in [-0.15, -0.1) is 0 Å². The van der Waals surface area contributed by atoms with Gasteiger partial charge in [0.2, 0.25) is 0 Å². The van der Waals surface area contributed by atoms with Crippen molar-refractivity contribution in [1.29, 1.82) is 0 Å². The first-order valence-corrected chi connectivity index (χ1v) is 14.2. The van der Waals surface area contributed by atoms with Crippen LogP contribution in [0.1, 0.15) is 53.9 Å². The number of amides is 1. The van der Waals surface area contributed by atoms with Crippen molar-refractivity contribution < 1.29 is 44.3 Å². The van der Waals surface area contributed by atoms with E-state index in [1.165, 1.54) is 19.2 Å². The molecule has 7 unspecified atom stereocenters. The molecule has 0 aromatic carbocycles. The van der Waals surface area contributed by atoms with Gasteiger partial charge in [0, 0.05) is 25.8 Å². The molecule has 2 aliphatic heterocycles. The second-order valence-corrected chi connectivity index (χ2v) is 11.2. The first kappa shape index (κ1) is 34.9. The summed E-state index contributed by atoms with van der Waals surface area (Å²) in [5.41, 5.74) is 0.697. The first-order chi connectivity index (χ1) is 19.7. The zero-order valence-electron chi connectivity index (χ0n) is 25.2. The lowest BCUT2D eigenvalue weighted by Gasteiger charge is -2.38. The molecule has 10 nitrogen and oxygen atoms in total.